The van der Waals surface area contributed by atoms with E-state index in [1.54, 1.807) is 12.5 Å². The molecule has 0 atom stereocenters. The molecule has 0 saturated heterocycles. The highest BCUT2D eigenvalue weighted by atomic mass is 79.9. The van der Waals surface area contributed by atoms with Crippen LogP contribution in [0, 0.1) is 15.9 Å². The number of halogens is 2. The molecule has 6 nitrogen and oxygen atoms in total. The standard InChI is InChI=1S/C12H12BrFN4O2/c13-9-6-12(18(19)20)11(7-10(9)14)16-2-1-4-17-5-3-15-8-17/h3,5-8,16H,1-2,4H2. The van der Waals surface area contributed by atoms with E-state index in [0.29, 0.717) is 6.54 Å². The Morgan fingerprint density at radius 1 is 1.50 bits per heavy atom. The topological polar surface area (TPSA) is 73.0 Å². The maximum atomic E-state index is 13.4. The van der Waals surface area contributed by atoms with Gasteiger partial charge < -0.3 is 9.88 Å². The largest absolute Gasteiger partial charge is 0.379 e. The maximum absolute atomic E-state index is 13.4. The number of imidazole rings is 1. The van der Waals surface area contributed by atoms with Crippen LogP contribution >= 0.6 is 15.9 Å². The number of rotatable bonds is 6. The summed E-state index contributed by atoms with van der Waals surface area (Å²) in [7, 11) is 0. The molecule has 0 amide bonds. The van der Waals surface area contributed by atoms with Crippen LogP contribution in [0.1, 0.15) is 6.42 Å². The second kappa shape index (κ2) is 6.47. The summed E-state index contributed by atoms with van der Waals surface area (Å²) >= 11 is 2.94. The van der Waals surface area contributed by atoms with Gasteiger partial charge in [0.25, 0.3) is 5.69 Å². The number of hydrogen-bond donors (Lipinski definition) is 1. The summed E-state index contributed by atoms with van der Waals surface area (Å²) in [6, 6.07) is 2.28. The molecule has 0 saturated carbocycles. The predicted molar refractivity (Wildman–Crippen MR) is 76.1 cm³/mol. The van der Waals surface area contributed by atoms with Crippen LogP contribution in [0.15, 0.2) is 35.3 Å². The van der Waals surface area contributed by atoms with E-state index in [1.807, 2.05) is 10.8 Å². The number of nitro benzene ring substituents is 1. The zero-order valence-electron chi connectivity index (χ0n) is 10.4. The molecule has 0 unspecified atom stereocenters. The molecular weight excluding hydrogens is 331 g/mol. The summed E-state index contributed by atoms with van der Waals surface area (Å²) in [5, 5.41) is 13.8. The number of aryl methyl sites for hydroxylation is 1. The smallest absolute Gasteiger partial charge is 0.293 e. The molecule has 106 valence electrons. The summed E-state index contributed by atoms with van der Waals surface area (Å²) in [5.41, 5.74) is 0.0298. The summed E-state index contributed by atoms with van der Waals surface area (Å²) in [5.74, 6) is -0.535. The summed E-state index contributed by atoms with van der Waals surface area (Å²) in [4.78, 5) is 14.3. The molecule has 20 heavy (non-hydrogen) atoms. The number of anilines is 1. The zero-order chi connectivity index (χ0) is 14.5. The van der Waals surface area contributed by atoms with Gasteiger partial charge in [-0.25, -0.2) is 9.37 Å². The third-order valence-electron chi connectivity index (χ3n) is 2.70. The monoisotopic (exact) mass is 342 g/mol. The predicted octanol–water partition coefficient (Wildman–Crippen LogP) is 3.20. The van der Waals surface area contributed by atoms with Crippen LogP contribution < -0.4 is 5.32 Å². The first-order chi connectivity index (χ1) is 9.58. The molecule has 0 aliphatic rings. The lowest BCUT2D eigenvalue weighted by molar-refractivity contribution is -0.384. The molecule has 0 bridgehead atoms. The number of nitrogens with one attached hydrogen (secondary N) is 1. The Hall–Kier alpha value is -1.96. The highest BCUT2D eigenvalue weighted by Gasteiger charge is 2.17. The molecular formula is C12H12BrFN4O2. The van der Waals surface area contributed by atoms with Gasteiger partial charge in [-0.2, -0.15) is 0 Å². The van der Waals surface area contributed by atoms with Gasteiger partial charge in [0.05, 0.1) is 15.7 Å². The third-order valence-corrected chi connectivity index (χ3v) is 3.31. The quantitative estimate of drug-likeness (QED) is 0.497. The number of benzene rings is 1. The molecule has 1 N–H and O–H groups in total. The average molecular weight is 343 g/mol. The van der Waals surface area contributed by atoms with Gasteiger partial charge in [-0.05, 0) is 22.4 Å². The van der Waals surface area contributed by atoms with Gasteiger partial charge in [0.2, 0.25) is 0 Å². The van der Waals surface area contributed by atoms with Gasteiger partial charge in [-0.1, -0.05) is 0 Å². The van der Waals surface area contributed by atoms with E-state index in [0.717, 1.165) is 25.1 Å². The lowest BCUT2D eigenvalue weighted by Crippen LogP contribution is -2.08. The lowest BCUT2D eigenvalue weighted by Gasteiger charge is -2.08. The average Bonchev–Trinajstić information content (AvgIpc) is 2.91. The minimum Gasteiger partial charge on any atom is -0.379 e. The van der Waals surface area contributed by atoms with Gasteiger partial charge >= 0.3 is 0 Å². The minimum absolute atomic E-state index is 0.0770. The van der Waals surface area contributed by atoms with Crippen LogP contribution in [0.4, 0.5) is 15.8 Å². The Morgan fingerprint density at radius 2 is 2.30 bits per heavy atom. The lowest BCUT2D eigenvalue weighted by atomic mass is 10.2. The van der Waals surface area contributed by atoms with Crippen LogP contribution in [0.25, 0.3) is 0 Å². The Balaban J connectivity index is 1.98. The summed E-state index contributed by atoms with van der Waals surface area (Å²) < 4.78 is 15.4. The molecule has 0 fully saturated rings. The van der Waals surface area contributed by atoms with Crippen molar-refractivity contribution in [3.05, 3.63) is 51.3 Å². The molecule has 1 aromatic carbocycles. The van der Waals surface area contributed by atoms with E-state index in [9.17, 15) is 14.5 Å². The van der Waals surface area contributed by atoms with Crippen molar-refractivity contribution in [3.63, 3.8) is 0 Å². The van der Waals surface area contributed by atoms with Crippen molar-refractivity contribution in [1.29, 1.82) is 0 Å². The van der Waals surface area contributed by atoms with Gasteiger partial charge in [0.1, 0.15) is 11.5 Å². The number of nitrogens with zero attached hydrogens (tertiary/aromatic N) is 3. The number of aromatic nitrogens is 2. The van der Waals surface area contributed by atoms with Crippen LogP contribution in [-0.2, 0) is 6.54 Å². The Morgan fingerprint density at radius 3 is 2.95 bits per heavy atom. The van der Waals surface area contributed by atoms with Crippen molar-refractivity contribution in [1.82, 2.24) is 9.55 Å². The van der Waals surface area contributed by atoms with Gasteiger partial charge in [-0.15, -0.1) is 0 Å². The van der Waals surface area contributed by atoms with Crippen LogP contribution in [0.3, 0.4) is 0 Å². The Labute approximate surface area is 122 Å². The molecule has 1 aromatic heterocycles. The number of hydrogen-bond acceptors (Lipinski definition) is 4. The Kier molecular flexibility index (Phi) is 4.67. The molecule has 8 heteroatoms. The highest BCUT2D eigenvalue weighted by molar-refractivity contribution is 9.10. The normalized spacial score (nSPS) is 10.5. The van der Waals surface area contributed by atoms with E-state index < -0.39 is 10.7 Å². The van der Waals surface area contributed by atoms with Gasteiger partial charge in [0.15, 0.2) is 0 Å². The van der Waals surface area contributed by atoms with Crippen molar-refractivity contribution in [2.75, 3.05) is 11.9 Å². The van der Waals surface area contributed by atoms with E-state index in [4.69, 9.17) is 0 Å². The second-order valence-corrected chi connectivity index (χ2v) is 4.98. The third kappa shape index (κ3) is 3.53. The molecule has 0 radical (unpaired) electrons. The minimum atomic E-state index is -0.539. The molecule has 2 rings (SSSR count). The fourth-order valence-corrected chi connectivity index (χ4v) is 2.06. The van der Waals surface area contributed by atoms with Crippen molar-refractivity contribution in [3.8, 4) is 0 Å². The van der Waals surface area contributed by atoms with Crippen molar-refractivity contribution >= 4 is 27.3 Å². The first-order valence-corrected chi connectivity index (χ1v) is 6.70. The first-order valence-electron chi connectivity index (χ1n) is 5.91. The Bertz CT molecular complexity index is 604. The van der Waals surface area contributed by atoms with Crippen molar-refractivity contribution < 1.29 is 9.31 Å². The molecule has 0 aliphatic heterocycles. The van der Waals surface area contributed by atoms with Crippen LogP contribution in [-0.4, -0.2) is 21.0 Å². The summed E-state index contributed by atoms with van der Waals surface area (Å²) in [6.45, 7) is 1.24. The fourth-order valence-electron chi connectivity index (χ4n) is 1.73. The highest BCUT2D eigenvalue weighted by Crippen LogP contribution is 2.30. The van der Waals surface area contributed by atoms with E-state index >= 15 is 0 Å². The zero-order valence-corrected chi connectivity index (χ0v) is 12.0. The SMILES string of the molecule is O=[N+]([O-])c1cc(Br)c(F)cc1NCCCn1ccnc1. The fraction of sp³-hybridized carbons (Fsp3) is 0.250. The van der Waals surface area contributed by atoms with Gasteiger partial charge in [-0.3, -0.25) is 10.1 Å². The summed E-state index contributed by atoms with van der Waals surface area (Å²) in [6.07, 6.45) is 5.96. The maximum Gasteiger partial charge on any atom is 0.293 e. The van der Waals surface area contributed by atoms with Gasteiger partial charge in [0, 0.05) is 37.6 Å². The molecule has 1 heterocycles. The first kappa shape index (κ1) is 14.4. The van der Waals surface area contributed by atoms with E-state index in [1.165, 1.54) is 0 Å². The van der Waals surface area contributed by atoms with E-state index in [2.05, 4.69) is 26.2 Å². The van der Waals surface area contributed by atoms with Crippen LogP contribution in [0.2, 0.25) is 0 Å². The van der Waals surface area contributed by atoms with Crippen LogP contribution in [0.5, 0.6) is 0 Å². The second-order valence-electron chi connectivity index (χ2n) is 4.12. The molecule has 0 aliphatic carbocycles. The van der Waals surface area contributed by atoms with E-state index in [-0.39, 0.29) is 15.8 Å². The van der Waals surface area contributed by atoms with Crippen molar-refractivity contribution in [2.24, 2.45) is 0 Å². The molecule has 0 spiro atoms. The molecule has 2 aromatic rings. The van der Waals surface area contributed by atoms with Crippen molar-refractivity contribution in [2.45, 2.75) is 13.0 Å². The number of nitro groups is 1.